The third-order valence-corrected chi connectivity index (χ3v) is 3.46. The van der Waals surface area contributed by atoms with Crippen molar-refractivity contribution in [1.29, 1.82) is 0 Å². The lowest BCUT2D eigenvalue weighted by Crippen LogP contribution is -2.19. The normalized spacial score (nSPS) is 14.3. The smallest absolute Gasteiger partial charge is 0.144 e. The molecule has 0 heterocycles. The molecule has 0 saturated heterocycles. The predicted octanol–water partition coefficient (Wildman–Crippen LogP) is 3.36. The van der Waals surface area contributed by atoms with Crippen molar-refractivity contribution < 1.29 is 8.60 Å². The summed E-state index contributed by atoms with van der Waals surface area (Å²) in [6.07, 6.45) is 1.34. The first-order chi connectivity index (χ1) is 7.30. The van der Waals surface area contributed by atoms with Crippen LogP contribution in [0.5, 0.6) is 0 Å². The number of halogens is 2. The standard InChI is InChI=1S/C11H13ClFNOS/c1-11(2,3)16(15)14-7-8-6-9(13)4-5-10(8)12/h4-7H,1-3H3/b14-7+/t16-/m1/s1. The fourth-order valence-corrected chi connectivity index (χ4v) is 1.57. The molecule has 88 valence electrons. The highest BCUT2D eigenvalue weighted by atomic mass is 35.5. The third kappa shape index (κ3) is 3.68. The van der Waals surface area contributed by atoms with Crippen LogP contribution in [-0.4, -0.2) is 15.2 Å². The Kier molecular flexibility index (Phi) is 4.21. The summed E-state index contributed by atoms with van der Waals surface area (Å²) in [5, 5.41) is 0.385. The van der Waals surface area contributed by atoms with E-state index in [2.05, 4.69) is 4.40 Å². The van der Waals surface area contributed by atoms with E-state index in [1.54, 1.807) is 0 Å². The van der Waals surface area contributed by atoms with Crippen molar-refractivity contribution in [3.63, 3.8) is 0 Å². The molecule has 2 nitrogen and oxygen atoms in total. The van der Waals surface area contributed by atoms with Gasteiger partial charge in [0.1, 0.15) is 16.8 Å². The molecule has 0 saturated carbocycles. The molecule has 0 N–H and O–H groups in total. The molecule has 1 atom stereocenters. The van der Waals surface area contributed by atoms with Gasteiger partial charge in [-0.25, -0.2) is 8.60 Å². The fraction of sp³-hybridized carbons (Fsp3) is 0.364. The molecule has 0 amide bonds. The van der Waals surface area contributed by atoms with Crippen molar-refractivity contribution in [2.45, 2.75) is 25.5 Å². The van der Waals surface area contributed by atoms with Crippen molar-refractivity contribution in [3.05, 3.63) is 34.6 Å². The molecule has 0 bridgehead atoms. The molecule has 0 aromatic heterocycles. The van der Waals surface area contributed by atoms with Gasteiger partial charge in [-0.2, -0.15) is 4.40 Å². The van der Waals surface area contributed by atoms with E-state index in [4.69, 9.17) is 11.6 Å². The van der Waals surface area contributed by atoms with Gasteiger partial charge in [-0.15, -0.1) is 0 Å². The summed E-state index contributed by atoms with van der Waals surface area (Å²) in [5.74, 6) is -0.396. The van der Waals surface area contributed by atoms with E-state index < -0.39 is 21.5 Å². The van der Waals surface area contributed by atoms with Crippen molar-refractivity contribution in [2.75, 3.05) is 0 Å². The molecule has 0 unspecified atom stereocenters. The zero-order valence-corrected chi connectivity index (χ0v) is 10.9. The summed E-state index contributed by atoms with van der Waals surface area (Å²) in [5.41, 5.74) is 0.430. The lowest BCUT2D eigenvalue weighted by atomic mass is 10.2. The van der Waals surface area contributed by atoms with E-state index >= 15 is 0 Å². The van der Waals surface area contributed by atoms with E-state index in [0.29, 0.717) is 10.6 Å². The zero-order chi connectivity index (χ0) is 12.3. The Morgan fingerprint density at radius 3 is 2.62 bits per heavy atom. The Balaban J connectivity index is 2.93. The number of hydrogen-bond donors (Lipinski definition) is 0. The number of rotatable bonds is 2. The van der Waals surface area contributed by atoms with Gasteiger partial charge in [-0.1, -0.05) is 11.6 Å². The molecular formula is C11H13ClFNOS. The first-order valence-corrected chi connectivity index (χ1v) is 6.20. The highest BCUT2D eigenvalue weighted by Crippen LogP contribution is 2.17. The Morgan fingerprint density at radius 2 is 2.06 bits per heavy atom. The SMILES string of the molecule is CC(C)(C)[S@@](=O)/N=C/c1cc(F)ccc1Cl. The van der Waals surface area contributed by atoms with Gasteiger partial charge in [0.15, 0.2) is 0 Å². The fourth-order valence-electron chi connectivity index (χ4n) is 0.876. The van der Waals surface area contributed by atoms with Crippen LogP contribution in [0.15, 0.2) is 22.6 Å². The predicted molar refractivity (Wildman–Crippen MR) is 66.9 cm³/mol. The van der Waals surface area contributed by atoms with Gasteiger partial charge in [-0.3, -0.25) is 0 Å². The van der Waals surface area contributed by atoms with Crippen LogP contribution in [0.1, 0.15) is 26.3 Å². The summed E-state index contributed by atoms with van der Waals surface area (Å²) in [6, 6.07) is 3.96. The van der Waals surface area contributed by atoms with Gasteiger partial charge < -0.3 is 0 Å². The lowest BCUT2D eigenvalue weighted by molar-refractivity contribution is 0.627. The maximum absolute atomic E-state index is 12.9. The molecule has 5 heteroatoms. The minimum atomic E-state index is -1.36. The lowest BCUT2D eigenvalue weighted by Gasteiger charge is -2.12. The topological polar surface area (TPSA) is 29.4 Å². The highest BCUT2D eigenvalue weighted by Gasteiger charge is 2.18. The summed E-state index contributed by atoms with van der Waals surface area (Å²) >= 11 is 5.84. The maximum atomic E-state index is 12.9. The third-order valence-electron chi connectivity index (χ3n) is 1.77. The van der Waals surface area contributed by atoms with E-state index in [-0.39, 0.29) is 0 Å². The molecule has 0 radical (unpaired) electrons. The monoisotopic (exact) mass is 261 g/mol. The molecule has 0 aliphatic rings. The molecule has 0 aliphatic carbocycles. The van der Waals surface area contributed by atoms with Crippen LogP contribution in [-0.2, 0) is 11.0 Å². The quantitative estimate of drug-likeness (QED) is 0.751. The molecule has 1 aromatic rings. The number of benzene rings is 1. The molecule has 0 fully saturated rings. The van der Waals surface area contributed by atoms with E-state index in [1.165, 1.54) is 24.4 Å². The number of nitrogens with zero attached hydrogens (tertiary/aromatic N) is 1. The molecular weight excluding hydrogens is 249 g/mol. The van der Waals surface area contributed by atoms with E-state index in [0.717, 1.165) is 0 Å². The van der Waals surface area contributed by atoms with Crippen molar-refractivity contribution in [3.8, 4) is 0 Å². The average Bonchev–Trinajstić information content (AvgIpc) is 2.17. The van der Waals surface area contributed by atoms with Gasteiger partial charge in [0.05, 0.1) is 4.75 Å². The van der Waals surface area contributed by atoms with Gasteiger partial charge >= 0.3 is 0 Å². The summed E-state index contributed by atoms with van der Waals surface area (Å²) in [6.45, 7) is 5.44. The second kappa shape index (κ2) is 5.06. The molecule has 16 heavy (non-hydrogen) atoms. The van der Waals surface area contributed by atoms with Crippen LogP contribution < -0.4 is 0 Å². The Labute approximate surface area is 102 Å². The maximum Gasteiger partial charge on any atom is 0.144 e. The summed E-state index contributed by atoms with van der Waals surface area (Å²) < 4.78 is 27.9. The molecule has 0 aliphatic heterocycles. The van der Waals surface area contributed by atoms with Crippen LogP contribution in [0.2, 0.25) is 5.02 Å². The van der Waals surface area contributed by atoms with Gasteiger partial charge in [-0.05, 0) is 39.0 Å². The van der Waals surface area contributed by atoms with Gasteiger partial charge in [0, 0.05) is 16.8 Å². The van der Waals surface area contributed by atoms with E-state index in [9.17, 15) is 8.60 Å². The Hall–Kier alpha value is -0.740. The van der Waals surface area contributed by atoms with Crippen LogP contribution in [0.3, 0.4) is 0 Å². The second-order valence-corrected chi connectivity index (χ2v) is 6.60. The van der Waals surface area contributed by atoms with Crippen molar-refractivity contribution in [1.82, 2.24) is 0 Å². The van der Waals surface area contributed by atoms with Crippen LogP contribution in [0.4, 0.5) is 4.39 Å². The summed E-state index contributed by atoms with van der Waals surface area (Å²) in [4.78, 5) is 0. The second-order valence-electron chi connectivity index (χ2n) is 4.26. The molecule has 0 spiro atoms. The number of hydrogen-bond acceptors (Lipinski definition) is 1. The Morgan fingerprint density at radius 1 is 1.44 bits per heavy atom. The molecule has 1 aromatic carbocycles. The van der Waals surface area contributed by atoms with Crippen LogP contribution in [0, 0.1) is 5.82 Å². The van der Waals surface area contributed by atoms with Gasteiger partial charge in [0.2, 0.25) is 0 Å². The Bertz CT molecular complexity index is 440. The van der Waals surface area contributed by atoms with E-state index in [1.807, 2.05) is 20.8 Å². The molecule has 1 rings (SSSR count). The van der Waals surface area contributed by atoms with Crippen LogP contribution in [0.25, 0.3) is 0 Å². The average molecular weight is 262 g/mol. The highest BCUT2D eigenvalue weighted by molar-refractivity contribution is 7.85. The first-order valence-electron chi connectivity index (χ1n) is 4.72. The van der Waals surface area contributed by atoms with Crippen molar-refractivity contribution >= 4 is 28.8 Å². The summed E-state index contributed by atoms with van der Waals surface area (Å²) in [7, 11) is -1.36. The minimum absolute atomic E-state index is 0.385. The largest absolute Gasteiger partial charge is 0.234 e. The zero-order valence-electron chi connectivity index (χ0n) is 9.33. The van der Waals surface area contributed by atoms with Crippen molar-refractivity contribution in [2.24, 2.45) is 4.40 Å². The van der Waals surface area contributed by atoms with Crippen LogP contribution >= 0.6 is 11.6 Å². The first kappa shape index (κ1) is 13.3. The van der Waals surface area contributed by atoms with Gasteiger partial charge in [0.25, 0.3) is 0 Å². The minimum Gasteiger partial charge on any atom is -0.234 e.